The van der Waals surface area contributed by atoms with Crippen LogP contribution in [-0.2, 0) is 4.79 Å². The predicted molar refractivity (Wildman–Crippen MR) is 95.8 cm³/mol. The summed E-state index contributed by atoms with van der Waals surface area (Å²) >= 11 is 0. The van der Waals surface area contributed by atoms with E-state index in [-0.39, 0.29) is 11.6 Å². The quantitative estimate of drug-likeness (QED) is 0.625. The molecule has 2 N–H and O–H groups in total. The number of nitrogens with zero attached hydrogens (tertiary/aromatic N) is 2. The second-order valence-electron chi connectivity index (χ2n) is 5.50. The van der Waals surface area contributed by atoms with E-state index in [1.807, 2.05) is 50.2 Å². The summed E-state index contributed by atoms with van der Waals surface area (Å²) in [5.74, 6) is 0.856. The first-order valence-electron chi connectivity index (χ1n) is 7.77. The molecule has 0 aliphatic rings. The summed E-state index contributed by atoms with van der Waals surface area (Å²) in [6.07, 6.45) is 3.06. The number of carbonyl (C=O) groups excluding carboxylic acids is 1. The molecule has 0 saturated carbocycles. The number of pyridine rings is 1. The van der Waals surface area contributed by atoms with Crippen LogP contribution in [0.2, 0.25) is 0 Å². The maximum Gasteiger partial charge on any atom is 0.263 e. The Morgan fingerprint density at radius 3 is 2.56 bits per heavy atom. The van der Waals surface area contributed by atoms with Crippen LogP contribution >= 0.6 is 0 Å². The van der Waals surface area contributed by atoms with Crippen LogP contribution in [0.15, 0.2) is 54.4 Å². The standard InChI is InChI=1S/C19H20N4O2/c1-13-4-9-18(21-11-13)22-12-16(10-20)19(24)23-14(2)15-5-7-17(25-3)8-6-15/h4-9,11-12,14H,1-3H3,(H,21,22)(H,23,24)/b16-12-. The number of hydrogen-bond donors (Lipinski definition) is 2. The number of nitriles is 1. The first-order valence-corrected chi connectivity index (χ1v) is 7.77. The minimum Gasteiger partial charge on any atom is -0.497 e. The van der Waals surface area contributed by atoms with Gasteiger partial charge in [-0.1, -0.05) is 18.2 Å². The van der Waals surface area contributed by atoms with Crippen LogP contribution in [-0.4, -0.2) is 18.0 Å². The molecular weight excluding hydrogens is 316 g/mol. The molecule has 1 heterocycles. The topological polar surface area (TPSA) is 87.0 Å². The number of aromatic nitrogens is 1. The molecular formula is C19H20N4O2. The van der Waals surface area contributed by atoms with E-state index in [9.17, 15) is 10.1 Å². The second kappa shape index (κ2) is 8.50. The molecule has 1 aromatic carbocycles. The Balaban J connectivity index is 2.01. The third kappa shape index (κ3) is 5.08. The first kappa shape index (κ1) is 18.0. The number of rotatable bonds is 6. The van der Waals surface area contributed by atoms with E-state index >= 15 is 0 Å². The number of anilines is 1. The highest BCUT2D eigenvalue weighted by atomic mass is 16.5. The van der Waals surface area contributed by atoms with Gasteiger partial charge in [-0.25, -0.2) is 4.98 Å². The maximum atomic E-state index is 12.3. The van der Waals surface area contributed by atoms with Gasteiger partial charge in [0.05, 0.1) is 13.2 Å². The van der Waals surface area contributed by atoms with Gasteiger partial charge in [-0.2, -0.15) is 5.26 Å². The molecule has 0 fully saturated rings. The number of aryl methyl sites for hydroxylation is 1. The zero-order chi connectivity index (χ0) is 18.2. The highest BCUT2D eigenvalue weighted by Crippen LogP contribution is 2.17. The summed E-state index contributed by atoms with van der Waals surface area (Å²) in [6.45, 7) is 3.78. The SMILES string of the molecule is COc1ccc(C(C)NC(=O)/C(C#N)=C\Nc2ccc(C)cn2)cc1. The molecule has 25 heavy (non-hydrogen) atoms. The minimum absolute atomic E-state index is 0.0252. The van der Waals surface area contributed by atoms with Crippen molar-refractivity contribution in [2.75, 3.05) is 12.4 Å². The molecule has 128 valence electrons. The van der Waals surface area contributed by atoms with E-state index in [1.165, 1.54) is 6.20 Å². The van der Waals surface area contributed by atoms with Crippen LogP contribution in [0.25, 0.3) is 0 Å². The molecule has 1 aromatic heterocycles. The molecule has 6 nitrogen and oxygen atoms in total. The van der Waals surface area contributed by atoms with Crippen LogP contribution in [0.5, 0.6) is 5.75 Å². The monoisotopic (exact) mass is 336 g/mol. The Bertz CT molecular complexity index is 790. The molecule has 0 radical (unpaired) electrons. The van der Waals surface area contributed by atoms with Crippen LogP contribution < -0.4 is 15.4 Å². The fraction of sp³-hybridized carbons (Fsp3) is 0.211. The molecule has 1 amide bonds. The Labute approximate surface area is 147 Å². The molecule has 0 aliphatic carbocycles. The summed E-state index contributed by atoms with van der Waals surface area (Å²) < 4.78 is 5.11. The third-order valence-electron chi connectivity index (χ3n) is 3.60. The molecule has 1 atom stereocenters. The van der Waals surface area contributed by atoms with Crippen molar-refractivity contribution in [2.24, 2.45) is 0 Å². The molecule has 1 unspecified atom stereocenters. The number of methoxy groups -OCH3 is 1. The van der Waals surface area contributed by atoms with Gasteiger partial charge >= 0.3 is 0 Å². The number of hydrogen-bond acceptors (Lipinski definition) is 5. The molecule has 0 saturated heterocycles. The van der Waals surface area contributed by atoms with Gasteiger partial charge in [-0.05, 0) is 43.2 Å². The smallest absolute Gasteiger partial charge is 0.263 e. The van der Waals surface area contributed by atoms with Crippen LogP contribution in [0, 0.1) is 18.3 Å². The Hall–Kier alpha value is -3.33. The Kier molecular flexibility index (Phi) is 6.13. The van der Waals surface area contributed by atoms with Gasteiger partial charge in [0.1, 0.15) is 23.2 Å². The largest absolute Gasteiger partial charge is 0.497 e. The molecule has 2 rings (SSSR count). The molecule has 0 spiro atoms. The van der Waals surface area contributed by atoms with E-state index < -0.39 is 5.91 Å². The lowest BCUT2D eigenvalue weighted by Crippen LogP contribution is -2.28. The fourth-order valence-electron chi connectivity index (χ4n) is 2.10. The lowest BCUT2D eigenvalue weighted by molar-refractivity contribution is -0.117. The maximum absolute atomic E-state index is 12.3. The first-order chi connectivity index (χ1) is 12.0. The summed E-state index contributed by atoms with van der Waals surface area (Å²) in [4.78, 5) is 16.4. The number of benzene rings is 1. The molecule has 6 heteroatoms. The molecule has 0 aliphatic heterocycles. The number of ether oxygens (including phenoxy) is 1. The van der Waals surface area contributed by atoms with Gasteiger partial charge in [0.25, 0.3) is 5.91 Å². The summed E-state index contributed by atoms with van der Waals surface area (Å²) in [5, 5.41) is 14.9. The number of carbonyl (C=O) groups is 1. The Morgan fingerprint density at radius 1 is 1.28 bits per heavy atom. The lowest BCUT2D eigenvalue weighted by atomic mass is 10.1. The van der Waals surface area contributed by atoms with Crippen molar-refractivity contribution >= 4 is 11.7 Å². The summed E-state index contributed by atoms with van der Waals surface area (Å²) in [6, 6.07) is 12.7. The van der Waals surface area contributed by atoms with Gasteiger partial charge in [0.2, 0.25) is 0 Å². The zero-order valence-corrected chi connectivity index (χ0v) is 14.4. The minimum atomic E-state index is -0.453. The van der Waals surface area contributed by atoms with Gasteiger partial charge in [-0.3, -0.25) is 4.79 Å². The van der Waals surface area contributed by atoms with Crippen molar-refractivity contribution < 1.29 is 9.53 Å². The normalized spacial score (nSPS) is 12.0. The number of amides is 1. The zero-order valence-electron chi connectivity index (χ0n) is 14.4. The van der Waals surface area contributed by atoms with E-state index in [4.69, 9.17) is 4.74 Å². The second-order valence-corrected chi connectivity index (χ2v) is 5.50. The van der Waals surface area contributed by atoms with E-state index in [0.29, 0.717) is 5.82 Å². The van der Waals surface area contributed by atoms with Crippen LogP contribution in [0.1, 0.15) is 24.1 Å². The highest BCUT2D eigenvalue weighted by molar-refractivity contribution is 5.97. The predicted octanol–water partition coefficient (Wildman–Crippen LogP) is 3.10. The molecule has 2 aromatic rings. The third-order valence-corrected chi connectivity index (χ3v) is 3.60. The van der Waals surface area contributed by atoms with E-state index in [0.717, 1.165) is 16.9 Å². The van der Waals surface area contributed by atoms with Crippen molar-refractivity contribution in [3.8, 4) is 11.8 Å². The van der Waals surface area contributed by atoms with Crippen molar-refractivity contribution in [3.63, 3.8) is 0 Å². The van der Waals surface area contributed by atoms with Gasteiger partial charge < -0.3 is 15.4 Å². The van der Waals surface area contributed by atoms with Crippen LogP contribution in [0.4, 0.5) is 5.82 Å². The van der Waals surface area contributed by atoms with Crippen molar-refractivity contribution in [2.45, 2.75) is 19.9 Å². The number of nitrogens with one attached hydrogen (secondary N) is 2. The van der Waals surface area contributed by atoms with Crippen molar-refractivity contribution in [3.05, 3.63) is 65.5 Å². The van der Waals surface area contributed by atoms with E-state index in [1.54, 1.807) is 19.4 Å². The van der Waals surface area contributed by atoms with Crippen LogP contribution in [0.3, 0.4) is 0 Å². The van der Waals surface area contributed by atoms with Gasteiger partial charge in [0.15, 0.2) is 0 Å². The van der Waals surface area contributed by atoms with Gasteiger partial charge in [-0.15, -0.1) is 0 Å². The summed E-state index contributed by atoms with van der Waals surface area (Å²) in [7, 11) is 1.60. The Morgan fingerprint density at radius 2 is 2.00 bits per heavy atom. The average Bonchev–Trinajstić information content (AvgIpc) is 2.63. The van der Waals surface area contributed by atoms with E-state index in [2.05, 4.69) is 15.6 Å². The van der Waals surface area contributed by atoms with Crippen molar-refractivity contribution in [1.82, 2.24) is 10.3 Å². The van der Waals surface area contributed by atoms with Gasteiger partial charge in [0, 0.05) is 12.4 Å². The highest BCUT2D eigenvalue weighted by Gasteiger charge is 2.14. The fourth-order valence-corrected chi connectivity index (χ4v) is 2.10. The summed E-state index contributed by atoms with van der Waals surface area (Å²) in [5.41, 5.74) is 1.92. The molecule has 0 bridgehead atoms. The lowest BCUT2D eigenvalue weighted by Gasteiger charge is -2.14. The van der Waals surface area contributed by atoms with Crippen molar-refractivity contribution in [1.29, 1.82) is 5.26 Å². The average molecular weight is 336 g/mol.